The molecule has 0 radical (unpaired) electrons. The number of rotatable bonds is 6. The first-order valence-corrected chi connectivity index (χ1v) is 8.84. The van der Waals surface area contributed by atoms with Crippen LogP contribution in [0.5, 0.6) is 5.75 Å². The highest BCUT2D eigenvalue weighted by atomic mass is 79.9. The molecule has 0 atom stereocenters. The molecule has 0 bridgehead atoms. The van der Waals surface area contributed by atoms with Crippen molar-refractivity contribution in [3.8, 4) is 5.75 Å². The molecule has 2 aromatic carbocycles. The minimum atomic E-state index is -0.314. The first-order valence-electron chi connectivity index (χ1n) is 7.26. The molecule has 2 rings (SSSR count). The Bertz CT molecular complexity index is 730. The average molecular weight is 456 g/mol. The van der Waals surface area contributed by atoms with E-state index in [1.54, 1.807) is 24.3 Å². The fourth-order valence-corrected chi connectivity index (χ4v) is 3.18. The fraction of sp³-hybridized carbons (Fsp3) is 0.176. The number of anilines is 1. The van der Waals surface area contributed by atoms with E-state index in [0.717, 1.165) is 8.95 Å². The van der Waals surface area contributed by atoms with Gasteiger partial charge in [0.2, 0.25) is 0 Å². The molecule has 0 aliphatic heterocycles. The van der Waals surface area contributed by atoms with Gasteiger partial charge in [-0.05, 0) is 69.1 Å². The molecule has 0 aliphatic carbocycles. The Morgan fingerprint density at radius 1 is 1.08 bits per heavy atom. The maximum absolute atomic E-state index is 12.0. The van der Waals surface area contributed by atoms with Gasteiger partial charge in [-0.3, -0.25) is 9.59 Å². The lowest BCUT2D eigenvalue weighted by Crippen LogP contribution is -2.23. The number of nitrogens with one attached hydrogen (secondary N) is 2. The lowest BCUT2D eigenvalue weighted by atomic mass is 10.2. The second-order valence-corrected chi connectivity index (χ2v) is 6.54. The SMILES string of the molecule is CCNC(=O)c1cccc(NC(=O)COc2c(Br)cccc2Br)c1. The van der Waals surface area contributed by atoms with Crippen molar-refractivity contribution < 1.29 is 14.3 Å². The number of carbonyl (C=O) groups is 2. The molecule has 0 aromatic heterocycles. The largest absolute Gasteiger partial charge is 0.481 e. The average Bonchev–Trinajstić information content (AvgIpc) is 2.55. The number of carbonyl (C=O) groups excluding carboxylic acids is 2. The Labute approximate surface area is 157 Å². The standard InChI is InChI=1S/C17H16Br2N2O3/c1-2-20-17(23)11-5-3-6-12(9-11)21-15(22)10-24-16-13(18)7-4-8-14(16)19/h3-9H,2,10H2,1H3,(H,20,23)(H,21,22). The Kier molecular flexibility index (Phi) is 6.81. The van der Waals surface area contributed by atoms with Gasteiger partial charge in [0.25, 0.3) is 11.8 Å². The van der Waals surface area contributed by atoms with Gasteiger partial charge in [-0.2, -0.15) is 0 Å². The van der Waals surface area contributed by atoms with Crippen LogP contribution in [0.15, 0.2) is 51.4 Å². The number of benzene rings is 2. The summed E-state index contributed by atoms with van der Waals surface area (Å²) >= 11 is 6.75. The summed E-state index contributed by atoms with van der Waals surface area (Å²) in [4.78, 5) is 23.9. The van der Waals surface area contributed by atoms with Crippen molar-refractivity contribution in [2.24, 2.45) is 0 Å². The van der Waals surface area contributed by atoms with Crippen LogP contribution in [0.1, 0.15) is 17.3 Å². The van der Waals surface area contributed by atoms with Crippen molar-refractivity contribution in [3.63, 3.8) is 0 Å². The van der Waals surface area contributed by atoms with Gasteiger partial charge in [-0.1, -0.05) is 12.1 Å². The van der Waals surface area contributed by atoms with Gasteiger partial charge in [0, 0.05) is 17.8 Å². The Morgan fingerprint density at radius 2 is 1.75 bits per heavy atom. The molecule has 0 aliphatic rings. The van der Waals surface area contributed by atoms with Gasteiger partial charge in [-0.25, -0.2) is 0 Å². The van der Waals surface area contributed by atoms with Crippen LogP contribution in [-0.4, -0.2) is 25.0 Å². The summed E-state index contributed by atoms with van der Waals surface area (Å²) in [6, 6.07) is 12.3. The summed E-state index contributed by atoms with van der Waals surface area (Å²) in [5.74, 6) is 0.0661. The lowest BCUT2D eigenvalue weighted by molar-refractivity contribution is -0.118. The van der Waals surface area contributed by atoms with Gasteiger partial charge in [0.1, 0.15) is 5.75 Å². The number of para-hydroxylation sites is 1. The van der Waals surface area contributed by atoms with Crippen molar-refractivity contribution in [2.45, 2.75) is 6.92 Å². The zero-order chi connectivity index (χ0) is 17.5. The molecule has 5 nitrogen and oxygen atoms in total. The zero-order valence-electron chi connectivity index (χ0n) is 12.9. The number of amides is 2. The second-order valence-electron chi connectivity index (χ2n) is 4.83. The summed E-state index contributed by atoms with van der Waals surface area (Å²) in [6.07, 6.45) is 0. The molecule has 2 amide bonds. The molecular formula is C17H16Br2N2O3. The van der Waals surface area contributed by atoms with E-state index in [0.29, 0.717) is 23.5 Å². The zero-order valence-corrected chi connectivity index (χ0v) is 16.1. The molecule has 2 aromatic rings. The van der Waals surface area contributed by atoms with Crippen LogP contribution in [0.4, 0.5) is 5.69 Å². The van der Waals surface area contributed by atoms with Crippen LogP contribution < -0.4 is 15.4 Å². The third kappa shape index (κ3) is 5.07. The first kappa shape index (κ1) is 18.5. The van der Waals surface area contributed by atoms with Gasteiger partial charge in [0.05, 0.1) is 8.95 Å². The molecule has 0 saturated heterocycles. The van der Waals surface area contributed by atoms with Gasteiger partial charge in [-0.15, -0.1) is 0 Å². The summed E-state index contributed by atoms with van der Waals surface area (Å²) in [7, 11) is 0. The van der Waals surface area contributed by atoms with E-state index in [2.05, 4.69) is 42.5 Å². The normalized spacial score (nSPS) is 10.1. The number of hydrogen-bond donors (Lipinski definition) is 2. The van der Waals surface area contributed by atoms with Crippen molar-refractivity contribution in [1.29, 1.82) is 0 Å². The van der Waals surface area contributed by atoms with Crippen LogP contribution in [0.25, 0.3) is 0 Å². The molecular weight excluding hydrogens is 440 g/mol. The molecule has 2 N–H and O–H groups in total. The van der Waals surface area contributed by atoms with Crippen LogP contribution in [0.2, 0.25) is 0 Å². The van der Waals surface area contributed by atoms with E-state index in [9.17, 15) is 9.59 Å². The van der Waals surface area contributed by atoms with E-state index < -0.39 is 0 Å². The lowest BCUT2D eigenvalue weighted by Gasteiger charge is -2.11. The Balaban J connectivity index is 1.97. The number of halogens is 2. The molecule has 0 unspecified atom stereocenters. The third-order valence-electron chi connectivity index (χ3n) is 3.01. The van der Waals surface area contributed by atoms with Crippen molar-refractivity contribution >= 4 is 49.4 Å². The highest BCUT2D eigenvalue weighted by molar-refractivity contribution is 9.11. The van der Waals surface area contributed by atoms with Crippen LogP contribution in [-0.2, 0) is 4.79 Å². The molecule has 0 saturated carbocycles. The van der Waals surface area contributed by atoms with Gasteiger partial charge >= 0.3 is 0 Å². The minimum absolute atomic E-state index is 0.146. The minimum Gasteiger partial charge on any atom is -0.481 e. The van der Waals surface area contributed by atoms with Crippen molar-refractivity contribution in [1.82, 2.24) is 5.32 Å². The van der Waals surface area contributed by atoms with E-state index in [4.69, 9.17) is 4.74 Å². The van der Waals surface area contributed by atoms with Crippen LogP contribution >= 0.6 is 31.9 Å². The quantitative estimate of drug-likeness (QED) is 0.692. The number of hydrogen-bond acceptors (Lipinski definition) is 3. The smallest absolute Gasteiger partial charge is 0.262 e. The molecule has 126 valence electrons. The van der Waals surface area contributed by atoms with E-state index in [1.165, 1.54) is 0 Å². The van der Waals surface area contributed by atoms with Crippen LogP contribution in [0, 0.1) is 0 Å². The van der Waals surface area contributed by atoms with Crippen molar-refractivity contribution in [2.75, 3.05) is 18.5 Å². The van der Waals surface area contributed by atoms with Crippen molar-refractivity contribution in [3.05, 3.63) is 57.0 Å². The summed E-state index contributed by atoms with van der Waals surface area (Å²) in [5.41, 5.74) is 1.03. The maximum atomic E-state index is 12.0. The van der Waals surface area contributed by atoms with E-state index >= 15 is 0 Å². The third-order valence-corrected chi connectivity index (χ3v) is 4.26. The molecule has 24 heavy (non-hydrogen) atoms. The molecule has 0 spiro atoms. The molecule has 0 heterocycles. The molecule has 0 fully saturated rings. The Hall–Kier alpha value is -1.86. The predicted octanol–water partition coefficient (Wildman–Crippen LogP) is 3.98. The van der Waals surface area contributed by atoms with Gasteiger partial charge < -0.3 is 15.4 Å². The highest BCUT2D eigenvalue weighted by Gasteiger charge is 2.10. The first-order chi connectivity index (χ1) is 11.5. The predicted molar refractivity (Wildman–Crippen MR) is 100 cm³/mol. The molecule has 7 heteroatoms. The van der Waals surface area contributed by atoms with Gasteiger partial charge in [0.15, 0.2) is 6.61 Å². The van der Waals surface area contributed by atoms with E-state index in [1.807, 2.05) is 25.1 Å². The summed E-state index contributed by atoms with van der Waals surface area (Å²) < 4.78 is 7.04. The number of ether oxygens (including phenoxy) is 1. The maximum Gasteiger partial charge on any atom is 0.262 e. The Morgan fingerprint density at radius 3 is 2.42 bits per heavy atom. The van der Waals surface area contributed by atoms with E-state index in [-0.39, 0.29) is 18.4 Å². The fourth-order valence-electron chi connectivity index (χ4n) is 1.96. The summed E-state index contributed by atoms with van der Waals surface area (Å²) in [5, 5.41) is 5.43. The topological polar surface area (TPSA) is 67.4 Å². The summed E-state index contributed by atoms with van der Waals surface area (Å²) in [6.45, 7) is 2.25. The highest BCUT2D eigenvalue weighted by Crippen LogP contribution is 2.32. The van der Waals surface area contributed by atoms with Crippen LogP contribution in [0.3, 0.4) is 0 Å². The monoisotopic (exact) mass is 454 g/mol. The second kappa shape index (κ2) is 8.84.